The second-order valence-corrected chi connectivity index (χ2v) is 6.38. The molecule has 1 fully saturated rings. The van der Waals surface area contributed by atoms with Crippen molar-refractivity contribution in [1.82, 2.24) is 15.1 Å². The van der Waals surface area contributed by atoms with Gasteiger partial charge in [0.25, 0.3) is 0 Å². The molecule has 0 saturated carbocycles. The summed E-state index contributed by atoms with van der Waals surface area (Å²) < 4.78 is 0. The highest BCUT2D eigenvalue weighted by atomic mass is 15.2. The fourth-order valence-electron chi connectivity index (χ4n) is 2.33. The van der Waals surface area contributed by atoms with E-state index in [2.05, 4.69) is 55.9 Å². The van der Waals surface area contributed by atoms with Crippen molar-refractivity contribution >= 4 is 0 Å². The van der Waals surface area contributed by atoms with Crippen LogP contribution in [0.15, 0.2) is 11.6 Å². The molecule has 0 unspecified atom stereocenters. The maximum absolute atomic E-state index is 3.71. The van der Waals surface area contributed by atoms with E-state index >= 15 is 0 Å². The molecule has 0 bridgehead atoms. The summed E-state index contributed by atoms with van der Waals surface area (Å²) in [5.41, 5.74) is 1.43. The van der Waals surface area contributed by atoms with E-state index in [-0.39, 0.29) is 0 Å². The maximum atomic E-state index is 3.71. The van der Waals surface area contributed by atoms with E-state index in [9.17, 15) is 0 Å². The van der Waals surface area contributed by atoms with Crippen molar-refractivity contribution in [1.29, 1.82) is 0 Å². The van der Waals surface area contributed by atoms with Gasteiger partial charge in [-0.3, -0.25) is 4.90 Å². The Balaban J connectivity index is 2.11. The van der Waals surface area contributed by atoms with E-state index in [1.54, 1.807) is 0 Å². The number of likely N-dealkylation sites (tertiary alicyclic amines) is 1. The largest absolute Gasteiger partial charge is 0.313 e. The molecule has 19 heavy (non-hydrogen) atoms. The van der Waals surface area contributed by atoms with Crippen LogP contribution in [0, 0.1) is 0 Å². The summed E-state index contributed by atoms with van der Waals surface area (Å²) in [4.78, 5) is 4.96. The zero-order chi connectivity index (χ0) is 14.3. The van der Waals surface area contributed by atoms with Gasteiger partial charge in [0.1, 0.15) is 0 Å². The van der Waals surface area contributed by atoms with Crippen LogP contribution < -0.4 is 5.32 Å². The number of allylic oxidation sites excluding steroid dienone is 1. The molecule has 0 atom stereocenters. The molecular weight excluding hydrogens is 234 g/mol. The van der Waals surface area contributed by atoms with Crippen molar-refractivity contribution in [2.24, 2.45) is 0 Å². The lowest BCUT2D eigenvalue weighted by atomic mass is 10.0. The van der Waals surface area contributed by atoms with E-state index in [4.69, 9.17) is 0 Å². The van der Waals surface area contributed by atoms with E-state index < -0.39 is 0 Å². The minimum atomic E-state index is 0.646. The molecule has 0 aromatic rings. The second-order valence-electron chi connectivity index (χ2n) is 6.38. The first-order chi connectivity index (χ1) is 8.99. The summed E-state index contributed by atoms with van der Waals surface area (Å²) in [6.07, 6.45) is 4.93. The molecule has 112 valence electrons. The Kier molecular flexibility index (Phi) is 7.66. The highest BCUT2D eigenvalue weighted by Crippen LogP contribution is 2.10. The second kappa shape index (κ2) is 8.72. The third-order valence-corrected chi connectivity index (χ3v) is 4.12. The lowest BCUT2D eigenvalue weighted by Gasteiger charge is -2.32. The van der Waals surface area contributed by atoms with Crippen LogP contribution in [0.1, 0.15) is 40.5 Å². The molecule has 1 aliphatic rings. The molecule has 3 heteroatoms. The third kappa shape index (κ3) is 7.09. The molecular formula is C16H33N3. The molecule has 0 aromatic carbocycles. The van der Waals surface area contributed by atoms with Crippen LogP contribution in [0.4, 0.5) is 0 Å². The van der Waals surface area contributed by atoms with Crippen molar-refractivity contribution in [2.45, 2.75) is 52.6 Å². The first-order valence-electron chi connectivity index (χ1n) is 7.78. The zero-order valence-electron chi connectivity index (χ0n) is 13.6. The normalized spacial score (nSPS) is 18.3. The van der Waals surface area contributed by atoms with Gasteiger partial charge in [-0.05, 0) is 60.7 Å². The van der Waals surface area contributed by atoms with Crippen molar-refractivity contribution < 1.29 is 0 Å². The molecule has 1 N–H and O–H groups in total. The molecule has 0 radical (unpaired) electrons. The van der Waals surface area contributed by atoms with Crippen LogP contribution in [0.25, 0.3) is 0 Å². The van der Waals surface area contributed by atoms with E-state index in [1.807, 2.05) is 0 Å². The Hall–Kier alpha value is -0.380. The van der Waals surface area contributed by atoms with Gasteiger partial charge in [-0.25, -0.2) is 0 Å². The fraction of sp³-hybridized carbons (Fsp3) is 0.875. The minimum Gasteiger partial charge on any atom is -0.313 e. The molecule has 0 amide bonds. The Bertz CT molecular complexity index is 261. The first-order valence-corrected chi connectivity index (χ1v) is 7.78. The summed E-state index contributed by atoms with van der Waals surface area (Å²) in [6, 6.07) is 1.37. The lowest BCUT2D eigenvalue weighted by Crippen LogP contribution is -2.44. The van der Waals surface area contributed by atoms with Crippen LogP contribution in [0.2, 0.25) is 0 Å². The molecule has 1 aliphatic heterocycles. The number of rotatable bonds is 7. The molecule has 1 rings (SSSR count). The van der Waals surface area contributed by atoms with Gasteiger partial charge in [0.15, 0.2) is 0 Å². The van der Waals surface area contributed by atoms with Crippen molar-refractivity contribution in [3.63, 3.8) is 0 Å². The first kappa shape index (κ1) is 16.7. The predicted molar refractivity (Wildman–Crippen MR) is 84.7 cm³/mol. The lowest BCUT2D eigenvalue weighted by molar-refractivity contribution is 0.206. The SMILES string of the molecule is CC(C)=CCN1CCC(NCCN(C)C(C)C)CC1. The predicted octanol–water partition coefficient (Wildman–Crippen LogP) is 2.35. The topological polar surface area (TPSA) is 18.5 Å². The average molecular weight is 267 g/mol. The quantitative estimate of drug-likeness (QED) is 0.714. The van der Waals surface area contributed by atoms with Gasteiger partial charge in [0.05, 0.1) is 0 Å². The maximum Gasteiger partial charge on any atom is 0.0165 e. The van der Waals surface area contributed by atoms with Gasteiger partial charge >= 0.3 is 0 Å². The van der Waals surface area contributed by atoms with Gasteiger partial charge in [-0.15, -0.1) is 0 Å². The summed E-state index contributed by atoms with van der Waals surface area (Å²) in [5.74, 6) is 0. The van der Waals surface area contributed by atoms with Crippen molar-refractivity contribution in [2.75, 3.05) is 39.8 Å². The molecule has 0 aromatic heterocycles. The van der Waals surface area contributed by atoms with Crippen LogP contribution in [-0.2, 0) is 0 Å². The molecule has 1 heterocycles. The van der Waals surface area contributed by atoms with E-state index in [0.29, 0.717) is 6.04 Å². The van der Waals surface area contributed by atoms with Crippen LogP contribution >= 0.6 is 0 Å². The average Bonchev–Trinajstić information content (AvgIpc) is 2.37. The summed E-state index contributed by atoms with van der Waals surface area (Å²) in [6.45, 7) is 14.7. The summed E-state index contributed by atoms with van der Waals surface area (Å²) >= 11 is 0. The van der Waals surface area contributed by atoms with Crippen LogP contribution in [0.5, 0.6) is 0 Å². The number of piperidine rings is 1. The summed E-state index contributed by atoms with van der Waals surface area (Å²) in [7, 11) is 2.20. The van der Waals surface area contributed by atoms with Gasteiger partial charge in [0, 0.05) is 31.7 Å². The number of hydrogen-bond donors (Lipinski definition) is 1. The Morgan fingerprint density at radius 3 is 2.47 bits per heavy atom. The zero-order valence-corrected chi connectivity index (χ0v) is 13.6. The van der Waals surface area contributed by atoms with Gasteiger partial charge in [-0.2, -0.15) is 0 Å². The van der Waals surface area contributed by atoms with Crippen molar-refractivity contribution in [3.8, 4) is 0 Å². The van der Waals surface area contributed by atoms with E-state index in [1.165, 1.54) is 31.5 Å². The van der Waals surface area contributed by atoms with E-state index in [0.717, 1.165) is 25.7 Å². The molecule has 1 saturated heterocycles. The van der Waals surface area contributed by atoms with Crippen LogP contribution in [-0.4, -0.2) is 61.7 Å². The number of nitrogens with zero attached hydrogens (tertiary/aromatic N) is 2. The smallest absolute Gasteiger partial charge is 0.0165 e. The molecule has 3 nitrogen and oxygen atoms in total. The standard InChI is InChI=1S/C16H33N3/c1-14(2)6-10-19-11-7-16(8-12-19)17-9-13-18(5)15(3)4/h6,15-17H,7-13H2,1-5H3. The van der Waals surface area contributed by atoms with Gasteiger partial charge < -0.3 is 10.2 Å². The minimum absolute atomic E-state index is 0.646. The number of hydrogen-bond acceptors (Lipinski definition) is 3. The Labute approximate surface area is 120 Å². The fourth-order valence-corrected chi connectivity index (χ4v) is 2.33. The number of likely N-dealkylation sites (N-methyl/N-ethyl adjacent to an activating group) is 1. The Morgan fingerprint density at radius 1 is 1.32 bits per heavy atom. The van der Waals surface area contributed by atoms with Crippen molar-refractivity contribution in [3.05, 3.63) is 11.6 Å². The van der Waals surface area contributed by atoms with Gasteiger partial charge in [-0.1, -0.05) is 11.6 Å². The van der Waals surface area contributed by atoms with Gasteiger partial charge in [0.2, 0.25) is 0 Å². The third-order valence-electron chi connectivity index (χ3n) is 4.12. The Morgan fingerprint density at radius 2 is 1.95 bits per heavy atom. The molecule has 0 aliphatic carbocycles. The summed E-state index contributed by atoms with van der Waals surface area (Å²) in [5, 5.41) is 3.71. The monoisotopic (exact) mass is 267 g/mol. The molecule has 0 spiro atoms. The van der Waals surface area contributed by atoms with Crippen LogP contribution in [0.3, 0.4) is 0 Å². The highest BCUT2D eigenvalue weighted by Gasteiger charge is 2.17. The highest BCUT2D eigenvalue weighted by molar-refractivity contribution is 4.95. The number of nitrogens with one attached hydrogen (secondary N) is 1.